The van der Waals surface area contributed by atoms with Crippen LogP contribution >= 0.6 is 23.2 Å². The molecule has 0 aliphatic rings. The van der Waals surface area contributed by atoms with E-state index in [9.17, 15) is 4.39 Å². The van der Waals surface area contributed by atoms with E-state index in [1.807, 2.05) is 25.1 Å². The molecule has 0 radical (unpaired) electrons. The zero-order valence-electron chi connectivity index (χ0n) is 13.4. The van der Waals surface area contributed by atoms with Crippen LogP contribution in [-0.2, 0) is 6.54 Å². The van der Waals surface area contributed by atoms with Gasteiger partial charge in [0.1, 0.15) is 11.0 Å². The van der Waals surface area contributed by atoms with Gasteiger partial charge in [-0.25, -0.2) is 9.07 Å². The highest BCUT2D eigenvalue weighted by molar-refractivity contribution is 6.33. The maximum absolute atomic E-state index is 13.0. The Hall–Kier alpha value is -2.37. The van der Waals surface area contributed by atoms with Crippen LogP contribution in [0.25, 0.3) is 0 Å². The Balaban J connectivity index is 1.76. The number of aromatic nitrogens is 2. The highest BCUT2D eigenvalue weighted by Crippen LogP contribution is 2.22. The van der Waals surface area contributed by atoms with Crippen molar-refractivity contribution in [3.8, 4) is 0 Å². The first-order valence-corrected chi connectivity index (χ1v) is 8.31. The number of para-hydroxylation sites is 1. The van der Waals surface area contributed by atoms with Crippen molar-refractivity contribution in [3.63, 3.8) is 0 Å². The molecule has 3 rings (SSSR count). The SMILES string of the molecule is Cc1nn(Cc2ccc(F)cc2)c(Cl)c1/C=N/Nc1ccccc1Cl. The van der Waals surface area contributed by atoms with E-state index in [-0.39, 0.29) is 5.82 Å². The molecule has 0 spiro atoms. The Labute approximate surface area is 154 Å². The van der Waals surface area contributed by atoms with E-state index < -0.39 is 0 Å². The molecular formula is C18H15Cl2FN4. The molecule has 0 saturated heterocycles. The number of hydrazone groups is 1. The van der Waals surface area contributed by atoms with Crippen molar-refractivity contribution in [2.24, 2.45) is 5.10 Å². The van der Waals surface area contributed by atoms with Gasteiger partial charge in [-0.2, -0.15) is 10.2 Å². The third-order valence-corrected chi connectivity index (χ3v) is 4.34. The van der Waals surface area contributed by atoms with Gasteiger partial charge >= 0.3 is 0 Å². The second-order valence-electron chi connectivity index (χ2n) is 5.42. The third-order valence-electron chi connectivity index (χ3n) is 3.61. The van der Waals surface area contributed by atoms with Crippen molar-refractivity contribution >= 4 is 35.1 Å². The highest BCUT2D eigenvalue weighted by atomic mass is 35.5. The minimum absolute atomic E-state index is 0.273. The van der Waals surface area contributed by atoms with Gasteiger partial charge in [0.15, 0.2) is 0 Å². The van der Waals surface area contributed by atoms with E-state index >= 15 is 0 Å². The predicted octanol–water partition coefficient (Wildman–Crippen LogP) is 5.13. The summed E-state index contributed by atoms with van der Waals surface area (Å²) in [5.74, 6) is -0.273. The Kier molecular flexibility index (Phi) is 5.36. The van der Waals surface area contributed by atoms with Gasteiger partial charge in [0.2, 0.25) is 0 Å². The molecule has 128 valence electrons. The smallest absolute Gasteiger partial charge is 0.136 e. The average molecular weight is 377 g/mol. The fourth-order valence-corrected chi connectivity index (χ4v) is 2.76. The Morgan fingerprint density at radius 1 is 1.16 bits per heavy atom. The van der Waals surface area contributed by atoms with Crippen LogP contribution in [0.2, 0.25) is 10.2 Å². The van der Waals surface area contributed by atoms with Crippen LogP contribution in [0, 0.1) is 12.7 Å². The van der Waals surface area contributed by atoms with Gasteiger partial charge in [-0.15, -0.1) is 0 Å². The maximum atomic E-state index is 13.0. The number of halogens is 3. The van der Waals surface area contributed by atoms with Crippen LogP contribution in [0.3, 0.4) is 0 Å². The lowest BCUT2D eigenvalue weighted by Crippen LogP contribution is -2.02. The molecule has 0 aliphatic heterocycles. The summed E-state index contributed by atoms with van der Waals surface area (Å²) < 4.78 is 14.7. The molecule has 0 atom stereocenters. The quantitative estimate of drug-likeness (QED) is 0.495. The number of hydrogen-bond acceptors (Lipinski definition) is 3. The summed E-state index contributed by atoms with van der Waals surface area (Å²) in [4.78, 5) is 0. The number of hydrogen-bond donors (Lipinski definition) is 1. The first-order chi connectivity index (χ1) is 12.0. The summed E-state index contributed by atoms with van der Waals surface area (Å²) in [6, 6.07) is 13.5. The van der Waals surface area contributed by atoms with E-state index in [2.05, 4.69) is 15.6 Å². The number of nitrogens with one attached hydrogen (secondary N) is 1. The predicted molar refractivity (Wildman–Crippen MR) is 100 cm³/mol. The van der Waals surface area contributed by atoms with Crippen LogP contribution in [0.5, 0.6) is 0 Å². The lowest BCUT2D eigenvalue weighted by Gasteiger charge is -2.04. The monoisotopic (exact) mass is 376 g/mol. The van der Waals surface area contributed by atoms with Crippen LogP contribution in [0.4, 0.5) is 10.1 Å². The normalized spacial score (nSPS) is 11.2. The molecule has 4 nitrogen and oxygen atoms in total. The fourth-order valence-electron chi connectivity index (χ4n) is 2.30. The zero-order valence-corrected chi connectivity index (χ0v) is 14.9. The lowest BCUT2D eigenvalue weighted by atomic mass is 10.2. The standard InChI is InChI=1S/C18H15Cl2FN4/c1-12-15(10-22-23-17-5-3-2-4-16(17)19)18(20)25(24-12)11-13-6-8-14(21)9-7-13/h2-10,23H,11H2,1H3/b22-10+. The van der Waals surface area contributed by atoms with Crippen molar-refractivity contribution in [2.45, 2.75) is 13.5 Å². The average Bonchev–Trinajstić information content (AvgIpc) is 2.86. The van der Waals surface area contributed by atoms with E-state index in [1.165, 1.54) is 12.1 Å². The van der Waals surface area contributed by atoms with Crippen molar-refractivity contribution in [1.82, 2.24) is 9.78 Å². The second-order valence-corrected chi connectivity index (χ2v) is 6.19. The molecule has 1 heterocycles. The largest absolute Gasteiger partial charge is 0.277 e. The number of benzene rings is 2. The molecule has 0 amide bonds. The molecular weight excluding hydrogens is 362 g/mol. The van der Waals surface area contributed by atoms with Crippen LogP contribution in [0.1, 0.15) is 16.8 Å². The van der Waals surface area contributed by atoms with Crippen LogP contribution < -0.4 is 5.43 Å². The summed E-state index contributed by atoms with van der Waals surface area (Å²) in [5, 5.41) is 9.64. The molecule has 1 aromatic heterocycles. The van der Waals surface area contributed by atoms with Gasteiger partial charge in [-0.05, 0) is 36.8 Å². The third kappa shape index (κ3) is 4.18. The Morgan fingerprint density at radius 2 is 1.88 bits per heavy atom. The van der Waals surface area contributed by atoms with Gasteiger partial charge in [0.25, 0.3) is 0 Å². The molecule has 3 aromatic rings. The molecule has 0 saturated carbocycles. The van der Waals surface area contributed by atoms with Gasteiger partial charge in [0, 0.05) is 0 Å². The summed E-state index contributed by atoms with van der Waals surface area (Å²) in [7, 11) is 0. The molecule has 0 unspecified atom stereocenters. The molecule has 0 bridgehead atoms. The summed E-state index contributed by atoms with van der Waals surface area (Å²) >= 11 is 12.5. The molecule has 25 heavy (non-hydrogen) atoms. The first-order valence-electron chi connectivity index (χ1n) is 7.55. The topological polar surface area (TPSA) is 42.2 Å². The maximum Gasteiger partial charge on any atom is 0.136 e. The number of nitrogens with zero attached hydrogens (tertiary/aromatic N) is 3. The molecule has 0 fully saturated rings. The van der Waals surface area contributed by atoms with E-state index in [4.69, 9.17) is 23.2 Å². The van der Waals surface area contributed by atoms with E-state index in [0.717, 1.165) is 11.3 Å². The molecule has 0 aliphatic carbocycles. The highest BCUT2D eigenvalue weighted by Gasteiger charge is 2.12. The Morgan fingerprint density at radius 3 is 2.60 bits per heavy atom. The first kappa shape index (κ1) is 17.5. The number of aryl methyl sites for hydroxylation is 1. The molecule has 1 N–H and O–H groups in total. The van der Waals surface area contributed by atoms with Crippen LogP contribution in [-0.4, -0.2) is 16.0 Å². The van der Waals surface area contributed by atoms with Crippen molar-refractivity contribution in [3.05, 3.63) is 81.3 Å². The molecule has 7 heteroatoms. The van der Waals surface area contributed by atoms with Crippen molar-refractivity contribution in [2.75, 3.05) is 5.43 Å². The lowest BCUT2D eigenvalue weighted by molar-refractivity contribution is 0.624. The fraction of sp³-hybridized carbons (Fsp3) is 0.111. The van der Waals surface area contributed by atoms with E-state index in [1.54, 1.807) is 29.1 Å². The molecule has 2 aromatic carbocycles. The van der Waals surface area contributed by atoms with E-state index in [0.29, 0.717) is 28.0 Å². The summed E-state index contributed by atoms with van der Waals surface area (Å²) in [6.45, 7) is 2.30. The van der Waals surface area contributed by atoms with Gasteiger partial charge < -0.3 is 0 Å². The summed E-state index contributed by atoms with van der Waals surface area (Å²) in [5.41, 5.74) is 5.95. The van der Waals surface area contributed by atoms with Gasteiger partial charge in [0.05, 0.1) is 34.7 Å². The summed E-state index contributed by atoms with van der Waals surface area (Å²) in [6.07, 6.45) is 1.61. The Bertz CT molecular complexity index is 904. The minimum Gasteiger partial charge on any atom is -0.277 e. The van der Waals surface area contributed by atoms with Crippen molar-refractivity contribution < 1.29 is 4.39 Å². The zero-order chi connectivity index (χ0) is 17.8. The minimum atomic E-state index is -0.273. The van der Waals surface area contributed by atoms with Crippen molar-refractivity contribution in [1.29, 1.82) is 0 Å². The number of rotatable bonds is 5. The van der Waals surface area contributed by atoms with Crippen LogP contribution in [0.15, 0.2) is 53.6 Å². The van der Waals surface area contributed by atoms with Gasteiger partial charge in [-0.1, -0.05) is 47.5 Å². The van der Waals surface area contributed by atoms with Gasteiger partial charge in [-0.3, -0.25) is 5.43 Å². The number of anilines is 1. The second kappa shape index (κ2) is 7.68.